The Morgan fingerprint density at radius 2 is 2.04 bits per heavy atom. The molecule has 1 amide bonds. The molecule has 0 saturated carbocycles. The van der Waals surface area contributed by atoms with Crippen molar-refractivity contribution in [2.45, 2.75) is 19.6 Å². The molecule has 0 aliphatic rings. The van der Waals surface area contributed by atoms with Gasteiger partial charge in [0.2, 0.25) is 5.91 Å². The highest BCUT2D eigenvalue weighted by molar-refractivity contribution is 5.75. The van der Waals surface area contributed by atoms with Crippen LogP contribution in [0.1, 0.15) is 5.56 Å². The zero-order valence-corrected chi connectivity index (χ0v) is 14.8. The predicted octanol–water partition coefficient (Wildman–Crippen LogP) is 1.73. The monoisotopic (exact) mass is 397 g/mol. The van der Waals surface area contributed by atoms with E-state index in [1.807, 2.05) is 0 Å². The number of alkyl halides is 2. The van der Waals surface area contributed by atoms with E-state index < -0.39 is 23.0 Å². The third-order valence-electron chi connectivity index (χ3n) is 3.67. The third kappa shape index (κ3) is 5.76. The summed E-state index contributed by atoms with van der Waals surface area (Å²) in [5.74, 6) is -0.477. The Morgan fingerprint density at radius 1 is 1.29 bits per heavy atom. The lowest BCUT2D eigenvalue weighted by atomic mass is 10.1. The van der Waals surface area contributed by atoms with E-state index in [2.05, 4.69) is 10.1 Å². The fourth-order valence-corrected chi connectivity index (χ4v) is 2.37. The highest BCUT2D eigenvalue weighted by atomic mass is 19.3. The molecule has 0 spiro atoms. The van der Waals surface area contributed by atoms with Crippen LogP contribution in [0.5, 0.6) is 11.5 Å². The van der Waals surface area contributed by atoms with Crippen molar-refractivity contribution < 1.29 is 28.0 Å². The number of aromatic nitrogens is 1. The molecule has 0 aliphatic carbocycles. The van der Waals surface area contributed by atoms with Crippen LogP contribution in [0.4, 0.5) is 14.5 Å². The van der Waals surface area contributed by atoms with Crippen molar-refractivity contribution in [3.63, 3.8) is 0 Å². The zero-order valence-electron chi connectivity index (χ0n) is 14.8. The minimum absolute atomic E-state index is 0.102. The van der Waals surface area contributed by atoms with E-state index >= 15 is 0 Å². The molecule has 2 aromatic rings. The number of rotatable bonds is 9. The minimum Gasteiger partial charge on any atom is -0.493 e. The molecule has 2 rings (SSSR count). The zero-order chi connectivity index (χ0) is 20.7. The molecule has 0 radical (unpaired) electrons. The molecule has 0 atom stereocenters. The van der Waals surface area contributed by atoms with Crippen LogP contribution in [0.15, 0.2) is 41.3 Å². The van der Waals surface area contributed by atoms with Crippen molar-refractivity contribution in [3.8, 4) is 11.5 Å². The molecule has 1 N–H and O–H groups in total. The quantitative estimate of drug-likeness (QED) is 0.509. The number of ether oxygens (including phenoxy) is 2. The Balaban J connectivity index is 1.93. The third-order valence-corrected chi connectivity index (χ3v) is 3.67. The largest absolute Gasteiger partial charge is 0.493 e. The van der Waals surface area contributed by atoms with Gasteiger partial charge in [-0.1, -0.05) is 6.07 Å². The number of pyridine rings is 1. The van der Waals surface area contributed by atoms with Gasteiger partial charge in [0.1, 0.15) is 6.54 Å². The number of benzene rings is 1. The average molecular weight is 397 g/mol. The minimum atomic E-state index is -2.98. The SMILES string of the molecule is COc1cc(CCNC(=O)Cn2cc([N+](=O)[O-])ccc2=O)ccc1OC(F)F. The van der Waals surface area contributed by atoms with E-state index in [0.29, 0.717) is 12.0 Å². The second kappa shape index (κ2) is 9.44. The van der Waals surface area contributed by atoms with Crippen molar-refractivity contribution in [3.05, 3.63) is 62.6 Å². The number of carbonyl (C=O) groups excluding carboxylic acids is 1. The first-order valence-electron chi connectivity index (χ1n) is 8.03. The number of halogens is 2. The first-order valence-corrected chi connectivity index (χ1v) is 8.03. The van der Waals surface area contributed by atoms with Gasteiger partial charge in [-0.3, -0.25) is 24.3 Å². The van der Waals surface area contributed by atoms with E-state index in [1.54, 1.807) is 6.07 Å². The van der Waals surface area contributed by atoms with Crippen LogP contribution < -0.4 is 20.3 Å². The topological polar surface area (TPSA) is 113 Å². The number of methoxy groups -OCH3 is 1. The van der Waals surface area contributed by atoms with Gasteiger partial charge < -0.3 is 14.8 Å². The summed E-state index contributed by atoms with van der Waals surface area (Å²) in [5, 5.41) is 13.3. The maximum atomic E-state index is 12.3. The lowest BCUT2D eigenvalue weighted by molar-refractivity contribution is -0.385. The molecule has 150 valence electrons. The molecule has 0 saturated heterocycles. The van der Waals surface area contributed by atoms with Crippen LogP contribution in [0, 0.1) is 10.1 Å². The molecule has 0 bridgehead atoms. The highest BCUT2D eigenvalue weighted by Crippen LogP contribution is 2.29. The molecule has 1 aromatic carbocycles. The molecular formula is C17H17F2N3O6. The lowest BCUT2D eigenvalue weighted by Gasteiger charge is -2.12. The molecule has 9 nitrogen and oxygen atoms in total. The number of carbonyl (C=O) groups is 1. The summed E-state index contributed by atoms with van der Waals surface area (Å²) in [6.07, 6.45) is 1.36. The van der Waals surface area contributed by atoms with Gasteiger partial charge in [0.05, 0.1) is 18.2 Å². The van der Waals surface area contributed by atoms with Gasteiger partial charge >= 0.3 is 6.61 Å². The summed E-state index contributed by atoms with van der Waals surface area (Å²) in [6.45, 7) is -3.15. The van der Waals surface area contributed by atoms with Gasteiger partial charge in [-0.25, -0.2) is 0 Å². The Morgan fingerprint density at radius 3 is 2.68 bits per heavy atom. The van der Waals surface area contributed by atoms with Crippen molar-refractivity contribution in [2.75, 3.05) is 13.7 Å². The fourth-order valence-electron chi connectivity index (χ4n) is 2.37. The number of hydrogen-bond donors (Lipinski definition) is 1. The number of nitrogens with one attached hydrogen (secondary N) is 1. The highest BCUT2D eigenvalue weighted by Gasteiger charge is 2.12. The predicted molar refractivity (Wildman–Crippen MR) is 93.7 cm³/mol. The van der Waals surface area contributed by atoms with Crippen LogP contribution in [0.2, 0.25) is 0 Å². The van der Waals surface area contributed by atoms with Crippen LogP contribution in [-0.2, 0) is 17.8 Å². The second-order valence-corrected chi connectivity index (χ2v) is 5.57. The molecule has 1 heterocycles. The van der Waals surface area contributed by atoms with Gasteiger partial charge in [-0.05, 0) is 24.1 Å². The van der Waals surface area contributed by atoms with E-state index in [-0.39, 0.29) is 30.3 Å². The summed E-state index contributed by atoms with van der Waals surface area (Å²) in [4.78, 5) is 33.7. The van der Waals surface area contributed by atoms with Crippen LogP contribution in [-0.4, -0.2) is 35.7 Å². The second-order valence-electron chi connectivity index (χ2n) is 5.57. The van der Waals surface area contributed by atoms with Crippen molar-refractivity contribution in [2.24, 2.45) is 0 Å². The first-order chi connectivity index (χ1) is 13.3. The Hall–Kier alpha value is -3.50. The molecule has 28 heavy (non-hydrogen) atoms. The van der Waals surface area contributed by atoms with Gasteiger partial charge in [0, 0.05) is 18.7 Å². The first kappa shape index (κ1) is 20.8. The maximum absolute atomic E-state index is 12.3. The van der Waals surface area contributed by atoms with E-state index in [0.717, 1.165) is 22.9 Å². The Kier molecular flexibility index (Phi) is 7.02. The fraction of sp³-hybridized carbons (Fsp3) is 0.294. The molecule has 0 aliphatic heterocycles. The number of hydrogen-bond acceptors (Lipinski definition) is 6. The van der Waals surface area contributed by atoms with Crippen LogP contribution >= 0.6 is 0 Å². The van der Waals surface area contributed by atoms with E-state index in [1.165, 1.54) is 19.2 Å². The van der Waals surface area contributed by atoms with Crippen molar-refractivity contribution >= 4 is 11.6 Å². The summed E-state index contributed by atoms with van der Waals surface area (Å²) in [6, 6.07) is 6.48. The molecule has 0 unspecified atom stereocenters. The maximum Gasteiger partial charge on any atom is 0.387 e. The molecule has 0 fully saturated rings. The lowest BCUT2D eigenvalue weighted by Crippen LogP contribution is -2.33. The number of nitrogens with zero attached hydrogens (tertiary/aromatic N) is 2. The summed E-state index contributed by atoms with van der Waals surface area (Å²) in [7, 11) is 1.32. The number of amides is 1. The van der Waals surface area contributed by atoms with Gasteiger partial charge in [0.25, 0.3) is 11.2 Å². The van der Waals surface area contributed by atoms with Crippen molar-refractivity contribution in [1.82, 2.24) is 9.88 Å². The summed E-state index contributed by atoms with van der Waals surface area (Å²) in [5.41, 5.74) is -0.142. The molecular weight excluding hydrogens is 380 g/mol. The van der Waals surface area contributed by atoms with Gasteiger partial charge in [0.15, 0.2) is 11.5 Å². The van der Waals surface area contributed by atoms with Crippen molar-refractivity contribution in [1.29, 1.82) is 0 Å². The average Bonchev–Trinajstić information content (AvgIpc) is 2.64. The summed E-state index contributed by atoms with van der Waals surface area (Å²) < 4.78 is 34.9. The molecule has 11 heteroatoms. The Labute approximate surface area is 157 Å². The van der Waals surface area contributed by atoms with Gasteiger partial charge in [-0.2, -0.15) is 8.78 Å². The number of nitro groups is 1. The van der Waals surface area contributed by atoms with Gasteiger partial charge in [-0.15, -0.1) is 0 Å². The normalized spacial score (nSPS) is 10.6. The van der Waals surface area contributed by atoms with E-state index in [4.69, 9.17) is 4.74 Å². The standard InChI is InChI=1S/C17H17F2N3O6/c1-27-14-8-11(2-4-13(14)28-17(18)19)6-7-20-15(23)10-21-9-12(22(25)26)3-5-16(21)24/h2-5,8-9,17H,6-7,10H2,1H3,(H,20,23). The Bertz CT molecular complexity index is 916. The molecule has 1 aromatic heterocycles. The van der Waals surface area contributed by atoms with Crippen LogP contribution in [0.25, 0.3) is 0 Å². The van der Waals surface area contributed by atoms with E-state index in [9.17, 15) is 28.5 Å². The smallest absolute Gasteiger partial charge is 0.387 e. The van der Waals surface area contributed by atoms with Crippen LogP contribution in [0.3, 0.4) is 0 Å². The summed E-state index contributed by atoms with van der Waals surface area (Å²) >= 11 is 0.